The molecule has 0 bridgehead atoms. The zero-order valence-electron chi connectivity index (χ0n) is 7.71. The standard InChI is InChI=1S/C9H12N2O3/c1-5(12)8(10)7-4-6(9(13)14)2-3-11-7/h2-5,8,12H,10H2,1H3,(H,13,14). The Labute approximate surface area is 81.2 Å². The molecule has 0 radical (unpaired) electrons. The second kappa shape index (κ2) is 4.17. The number of aliphatic hydroxyl groups is 1. The van der Waals surface area contributed by atoms with E-state index in [9.17, 15) is 9.90 Å². The van der Waals surface area contributed by atoms with Crippen LogP contribution in [-0.4, -0.2) is 27.3 Å². The molecule has 2 atom stereocenters. The molecule has 14 heavy (non-hydrogen) atoms. The summed E-state index contributed by atoms with van der Waals surface area (Å²) in [6, 6.07) is 2.08. The molecule has 0 spiro atoms. The van der Waals surface area contributed by atoms with Gasteiger partial charge in [0.15, 0.2) is 0 Å². The van der Waals surface area contributed by atoms with E-state index in [2.05, 4.69) is 4.98 Å². The van der Waals surface area contributed by atoms with Crippen molar-refractivity contribution in [3.8, 4) is 0 Å². The van der Waals surface area contributed by atoms with Crippen LogP contribution in [0.2, 0.25) is 0 Å². The number of nitrogens with zero attached hydrogens (tertiary/aromatic N) is 1. The van der Waals surface area contributed by atoms with Gasteiger partial charge in [-0.3, -0.25) is 4.98 Å². The zero-order chi connectivity index (χ0) is 10.7. The third-order valence-electron chi connectivity index (χ3n) is 1.89. The summed E-state index contributed by atoms with van der Waals surface area (Å²) in [5.74, 6) is -1.04. The van der Waals surface area contributed by atoms with Gasteiger partial charge in [0.25, 0.3) is 0 Å². The maximum Gasteiger partial charge on any atom is 0.335 e. The van der Waals surface area contributed by atoms with E-state index in [0.29, 0.717) is 5.69 Å². The lowest BCUT2D eigenvalue weighted by Gasteiger charge is -2.13. The van der Waals surface area contributed by atoms with Gasteiger partial charge in [0, 0.05) is 6.20 Å². The van der Waals surface area contributed by atoms with Crippen LogP contribution in [0.4, 0.5) is 0 Å². The number of aromatic nitrogens is 1. The Kier molecular flexibility index (Phi) is 3.16. The fourth-order valence-electron chi connectivity index (χ4n) is 1.01. The summed E-state index contributed by atoms with van der Waals surface area (Å²) in [5.41, 5.74) is 6.09. The molecule has 5 heteroatoms. The van der Waals surface area contributed by atoms with Crippen LogP contribution in [0.15, 0.2) is 18.3 Å². The van der Waals surface area contributed by atoms with Crippen molar-refractivity contribution in [2.45, 2.75) is 19.1 Å². The van der Waals surface area contributed by atoms with E-state index >= 15 is 0 Å². The van der Waals surface area contributed by atoms with Gasteiger partial charge >= 0.3 is 5.97 Å². The summed E-state index contributed by atoms with van der Waals surface area (Å²) < 4.78 is 0. The second-order valence-electron chi connectivity index (χ2n) is 3.04. The third-order valence-corrected chi connectivity index (χ3v) is 1.89. The van der Waals surface area contributed by atoms with Crippen LogP contribution in [0, 0.1) is 0 Å². The number of aromatic carboxylic acids is 1. The van der Waals surface area contributed by atoms with Crippen molar-refractivity contribution in [1.82, 2.24) is 4.98 Å². The average Bonchev–Trinajstić information content (AvgIpc) is 2.16. The number of rotatable bonds is 3. The normalized spacial score (nSPS) is 14.8. The molecule has 0 amide bonds. The molecule has 4 N–H and O–H groups in total. The summed E-state index contributed by atoms with van der Waals surface area (Å²) in [5, 5.41) is 17.9. The fourth-order valence-corrected chi connectivity index (χ4v) is 1.01. The van der Waals surface area contributed by atoms with E-state index in [4.69, 9.17) is 10.8 Å². The quantitative estimate of drug-likeness (QED) is 0.639. The van der Waals surface area contributed by atoms with Gasteiger partial charge in [-0.1, -0.05) is 0 Å². The van der Waals surface area contributed by atoms with Crippen molar-refractivity contribution in [3.05, 3.63) is 29.6 Å². The predicted octanol–water partition coefficient (Wildman–Crippen LogP) is 0.160. The SMILES string of the molecule is CC(O)C(N)c1cc(C(=O)O)ccn1. The van der Waals surface area contributed by atoms with Crippen LogP contribution >= 0.6 is 0 Å². The molecule has 0 aliphatic carbocycles. The molecule has 0 aliphatic rings. The Bertz CT molecular complexity index is 339. The minimum absolute atomic E-state index is 0.117. The van der Waals surface area contributed by atoms with E-state index in [1.807, 2.05) is 0 Å². The molecule has 1 rings (SSSR count). The molecule has 1 heterocycles. The molecule has 2 unspecified atom stereocenters. The maximum absolute atomic E-state index is 10.6. The Hall–Kier alpha value is -1.46. The van der Waals surface area contributed by atoms with Crippen LogP contribution in [-0.2, 0) is 0 Å². The van der Waals surface area contributed by atoms with Crippen LogP contribution in [0.5, 0.6) is 0 Å². The molecule has 0 aliphatic heterocycles. The molecular weight excluding hydrogens is 184 g/mol. The lowest BCUT2D eigenvalue weighted by molar-refractivity contribution is 0.0696. The van der Waals surface area contributed by atoms with E-state index in [1.165, 1.54) is 25.3 Å². The van der Waals surface area contributed by atoms with Crippen molar-refractivity contribution in [2.24, 2.45) is 5.73 Å². The molecule has 0 saturated carbocycles. The van der Waals surface area contributed by atoms with Crippen LogP contribution in [0.25, 0.3) is 0 Å². The first kappa shape index (κ1) is 10.6. The van der Waals surface area contributed by atoms with Crippen LogP contribution < -0.4 is 5.73 Å². The average molecular weight is 196 g/mol. The fraction of sp³-hybridized carbons (Fsp3) is 0.333. The molecule has 76 valence electrons. The second-order valence-corrected chi connectivity index (χ2v) is 3.04. The topological polar surface area (TPSA) is 96.4 Å². The van der Waals surface area contributed by atoms with Crippen molar-refractivity contribution in [1.29, 1.82) is 0 Å². The minimum Gasteiger partial charge on any atom is -0.478 e. The molecule has 1 aromatic heterocycles. The first-order chi connectivity index (χ1) is 6.52. The summed E-state index contributed by atoms with van der Waals surface area (Å²) in [7, 11) is 0. The van der Waals surface area contributed by atoms with E-state index in [1.54, 1.807) is 0 Å². The summed E-state index contributed by atoms with van der Waals surface area (Å²) in [4.78, 5) is 14.5. The highest BCUT2D eigenvalue weighted by atomic mass is 16.4. The van der Waals surface area contributed by atoms with Gasteiger partial charge in [-0.2, -0.15) is 0 Å². The molecule has 0 fully saturated rings. The predicted molar refractivity (Wildman–Crippen MR) is 49.8 cm³/mol. The summed E-state index contributed by atoms with van der Waals surface area (Å²) in [6.45, 7) is 1.53. The molecule has 1 aromatic rings. The van der Waals surface area contributed by atoms with Crippen molar-refractivity contribution >= 4 is 5.97 Å². The number of carboxylic acids is 1. The van der Waals surface area contributed by atoms with Gasteiger partial charge < -0.3 is 15.9 Å². The van der Waals surface area contributed by atoms with E-state index < -0.39 is 18.1 Å². The highest BCUT2D eigenvalue weighted by Crippen LogP contribution is 2.12. The van der Waals surface area contributed by atoms with Crippen molar-refractivity contribution in [3.63, 3.8) is 0 Å². The number of nitrogens with two attached hydrogens (primary N) is 1. The minimum atomic E-state index is -1.04. The summed E-state index contributed by atoms with van der Waals surface area (Å²) in [6.07, 6.45) is 0.604. The van der Waals surface area contributed by atoms with E-state index in [0.717, 1.165) is 0 Å². The Balaban J connectivity index is 2.99. The number of aliphatic hydroxyl groups excluding tert-OH is 1. The monoisotopic (exact) mass is 196 g/mol. The number of hydrogen-bond acceptors (Lipinski definition) is 4. The lowest BCUT2D eigenvalue weighted by Crippen LogP contribution is -2.24. The van der Waals surface area contributed by atoms with Gasteiger partial charge in [-0.05, 0) is 19.1 Å². The molecule has 0 aromatic carbocycles. The van der Waals surface area contributed by atoms with E-state index in [-0.39, 0.29) is 5.56 Å². The number of pyridine rings is 1. The first-order valence-corrected chi connectivity index (χ1v) is 4.15. The largest absolute Gasteiger partial charge is 0.478 e. The number of carboxylic acid groups (broad SMARTS) is 1. The van der Waals surface area contributed by atoms with Gasteiger partial charge in [0.1, 0.15) is 0 Å². The Morgan fingerprint density at radius 3 is 2.79 bits per heavy atom. The Morgan fingerprint density at radius 2 is 2.29 bits per heavy atom. The van der Waals surface area contributed by atoms with Gasteiger partial charge in [-0.25, -0.2) is 4.79 Å². The highest BCUT2D eigenvalue weighted by molar-refractivity contribution is 5.87. The van der Waals surface area contributed by atoms with Crippen molar-refractivity contribution < 1.29 is 15.0 Å². The number of hydrogen-bond donors (Lipinski definition) is 3. The first-order valence-electron chi connectivity index (χ1n) is 4.15. The third kappa shape index (κ3) is 2.27. The van der Waals surface area contributed by atoms with Crippen LogP contribution in [0.1, 0.15) is 29.0 Å². The molecule has 5 nitrogen and oxygen atoms in total. The smallest absolute Gasteiger partial charge is 0.335 e. The van der Waals surface area contributed by atoms with Gasteiger partial charge in [0.2, 0.25) is 0 Å². The van der Waals surface area contributed by atoms with Gasteiger partial charge in [-0.15, -0.1) is 0 Å². The zero-order valence-corrected chi connectivity index (χ0v) is 7.71. The Morgan fingerprint density at radius 1 is 1.64 bits per heavy atom. The van der Waals surface area contributed by atoms with Gasteiger partial charge in [0.05, 0.1) is 23.4 Å². The van der Waals surface area contributed by atoms with Crippen molar-refractivity contribution in [2.75, 3.05) is 0 Å². The summed E-state index contributed by atoms with van der Waals surface area (Å²) >= 11 is 0. The highest BCUT2D eigenvalue weighted by Gasteiger charge is 2.14. The number of carbonyl (C=O) groups is 1. The maximum atomic E-state index is 10.6. The lowest BCUT2D eigenvalue weighted by atomic mass is 10.1. The molecular formula is C9H12N2O3. The van der Waals surface area contributed by atoms with Crippen LogP contribution in [0.3, 0.4) is 0 Å². The molecule has 0 saturated heterocycles.